The molecule has 3 heteroatoms. The van der Waals surface area contributed by atoms with E-state index in [0.717, 1.165) is 13.0 Å². The number of likely N-dealkylation sites (tertiary alicyclic amines) is 1. The molecule has 0 N–H and O–H groups in total. The Morgan fingerprint density at radius 3 is 2.00 bits per heavy atom. The Hall–Kier alpha value is -0.120. The van der Waals surface area contributed by atoms with Crippen LogP contribution >= 0.6 is 0 Å². The average Bonchev–Trinajstić information content (AvgIpc) is 2.53. The van der Waals surface area contributed by atoms with Gasteiger partial charge >= 0.3 is 0 Å². The van der Waals surface area contributed by atoms with Crippen molar-refractivity contribution in [1.29, 1.82) is 0 Å². The highest BCUT2D eigenvalue weighted by Crippen LogP contribution is 2.29. The first kappa shape index (κ1) is 19.9. The first-order valence-electron chi connectivity index (χ1n) is 9.44. The number of hydrogen-bond donors (Lipinski definition) is 0. The van der Waals surface area contributed by atoms with Crippen molar-refractivity contribution in [1.82, 2.24) is 4.90 Å². The summed E-state index contributed by atoms with van der Waals surface area (Å²) in [6.45, 7) is 7.85. The van der Waals surface area contributed by atoms with E-state index in [1.54, 1.807) is 14.2 Å². The summed E-state index contributed by atoms with van der Waals surface area (Å²) in [5.74, 6) is -0.426. The lowest BCUT2D eigenvalue weighted by atomic mass is 9.95. The zero-order valence-corrected chi connectivity index (χ0v) is 15.7. The van der Waals surface area contributed by atoms with Crippen molar-refractivity contribution in [2.45, 2.75) is 103 Å². The fourth-order valence-corrected chi connectivity index (χ4v) is 3.73. The fourth-order valence-electron chi connectivity index (χ4n) is 3.73. The van der Waals surface area contributed by atoms with Crippen LogP contribution in [0.5, 0.6) is 0 Å². The number of piperidine rings is 1. The van der Waals surface area contributed by atoms with Gasteiger partial charge in [0.1, 0.15) is 0 Å². The molecule has 1 heterocycles. The lowest BCUT2D eigenvalue weighted by Crippen LogP contribution is -2.53. The Morgan fingerprint density at radius 2 is 1.45 bits per heavy atom. The summed E-state index contributed by atoms with van der Waals surface area (Å²) in [4.78, 5) is 2.59. The van der Waals surface area contributed by atoms with E-state index < -0.39 is 5.79 Å². The van der Waals surface area contributed by atoms with Gasteiger partial charge in [0.2, 0.25) is 0 Å². The lowest BCUT2D eigenvalue weighted by molar-refractivity contribution is -0.228. The van der Waals surface area contributed by atoms with Gasteiger partial charge in [0.15, 0.2) is 5.79 Å². The van der Waals surface area contributed by atoms with Crippen molar-refractivity contribution < 1.29 is 9.47 Å². The molecule has 132 valence electrons. The van der Waals surface area contributed by atoms with Crippen LogP contribution in [0.4, 0.5) is 0 Å². The van der Waals surface area contributed by atoms with Crippen LogP contribution < -0.4 is 0 Å². The van der Waals surface area contributed by atoms with E-state index in [2.05, 4.69) is 25.7 Å². The Bertz CT molecular complexity index is 269. The van der Waals surface area contributed by atoms with Crippen molar-refractivity contribution in [3.8, 4) is 0 Å². The molecule has 0 aromatic rings. The molecular formula is C19H39NO2. The van der Waals surface area contributed by atoms with Gasteiger partial charge in [0.25, 0.3) is 0 Å². The highest BCUT2D eigenvalue weighted by molar-refractivity contribution is 4.85. The van der Waals surface area contributed by atoms with Crippen LogP contribution in [0.15, 0.2) is 0 Å². The van der Waals surface area contributed by atoms with Crippen molar-refractivity contribution in [2.75, 3.05) is 20.8 Å². The standard InChI is InChI=1S/C19H39NO2/c1-6-7-8-9-10-11-15-19(21-4,22-5)16-20-17(2)13-12-14-18(20)3/h17-18H,6-16H2,1-5H3/t17-,18+. The van der Waals surface area contributed by atoms with Gasteiger partial charge in [-0.3, -0.25) is 4.90 Å². The smallest absolute Gasteiger partial charge is 0.180 e. The zero-order chi connectivity index (χ0) is 16.4. The molecule has 0 amide bonds. The van der Waals surface area contributed by atoms with Crippen molar-refractivity contribution in [2.24, 2.45) is 0 Å². The molecule has 2 atom stereocenters. The van der Waals surface area contributed by atoms with E-state index in [1.807, 2.05) is 0 Å². The molecule has 1 saturated heterocycles. The van der Waals surface area contributed by atoms with Crippen molar-refractivity contribution >= 4 is 0 Å². The molecule has 0 saturated carbocycles. The fraction of sp³-hybridized carbons (Fsp3) is 1.00. The molecule has 1 fully saturated rings. The Labute approximate surface area is 138 Å². The van der Waals surface area contributed by atoms with Crippen LogP contribution in [0.1, 0.15) is 85.0 Å². The number of hydrogen-bond acceptors (Lipinski definition) is 3. The van der Waals surface area contributed by atoms with Crippen LogP contribution in [0.25, 0.3) is 0 Å². The quantitative estimate of drug-likeness (QED) is 0.396. The van der Waals surface area contributed by atoms with Crippen molar-refractivity contribution in [3.63, 3.8) is 0 Å². The van der Waals surface area contributed by atoms with Gasteiger partial charge in [-0.2, -0.15) is 0 Å². The molecule has 1 rings (SSSR count). The molecule has 0 aromatic carbocycles. The van der Waals surface area contributed by atoms with Crippen LogP contribution in [-0.4, -0.2) is 43.5 Å². The number of unbranched alkanes of at least 4 members (excludes halogenated alkanes) is 5. The predicted octanol–water partition coefficient (Wildman–Crippen LogP) is 4.99. The second-order valence-electron chi connectivity index (χ2n) is 7.14. The third-order valence-corrected chi connectivity index (χ3v) is 5.45. The van der Waals surface area contributed by atoms with Crippen LogP contribution in [-0.2, 0) is 9.47 Å². The summed E-state index contributed by atoms with van der Waals surface area (Å²) in [5, 5.41) is 0. The highest BCUT2D eigenvalue weighted by atomic mass is 16.7. The third-order valence-electron chi connectivity index (χ3n) is 5.45. The molecule has 0 spiro atoms. The molecule has 0 radical (unpaired) electrons. The van der Waals surface area contributed by atoms with Gasteiger partial charge in [0.05, 0.1) is 6.54 Å². The molecular weight excluding hydrogens is 274 g/mol. The summed E-state index contributed by atoms with van der Waals surface area (Å²) in [6, 6.07) is 1.27. The van der Waals surface area contributed by atoms with Gasteiger partial charge < -0.3 is 9.47 Å². The maximum absolute atomic E-state index is 5.85. The lowest BCUT2D eigenvalue weighted by Gasteiger charge is -2.44. The Kier molecular flexibility index (Phi) is 9.62. The minimum Gasteiger partial charge on any atom is -0.352 e. The average molecular weight is 314 g/mol. The molecule has 1 aliphatic rings. The number of ether oxygens (including phenoxy) is 2. The predicted molar refractivity (Wildman–Crippen MR) is 94.2 cm³/mol. The maximum atomic E-state index is 5.85. The summed E-state index contributed by atoms with van der Waals surface area (Å²) in [5.41, 5.74) is 0. The Morgan fingerprint density at radius 1 is 0.909 bits per heavy atom. The summed E-state index contributed by atoms with van der Waals surface area (Å²) in [7, 11) is 3.61. The third kappa shape index (κ3) is 6.17. The van der Waals surface area contributed by atoms with E-state index in [-0.39, 0.29) is 0 Å². The van der Waals surface area contributed by atoms with Gasteiger partial charge in [-0.15, -0.1) is 0 Å². The minimum absolute atomic E-state index is 0.426. The first-order chi connectivity index (χ1) is 10.6. The van der Waals surface area contributed by atoms with Crippen molar-refractivity contribution in [3.05, 3.63) is 0 Å². The molecule has 3 nitrogen and oxygen atoms in total. The number of rotatable bonds is 11. The largest absolute Gasteiger partial charge is 0.352 e. The first-order valence-corrected chi connectivity index (χ1v) is 9.44. The second-order valence-corrected chi connectivity index (χ2v) is 7.14. The molecule has 0 bridgehead atoms. The topological polar surface area (TPSA) is 21.7 Å². The Balaban J connectivity index is 2.47. The van der Waals surface area contributed by atoms with Crippen LogP contribution in [0, 0.1) is 0 Å². The summed E-state index contributed by atoms with van der Waals surface area (Å²) < 4.78 is 11.7. The second kappa shape index (κ2) is 10.6. The van der Waals surface area contributed by atoms with E-state index in [1.165, 1.54) is 57.8 Å². The van der Waals surface area contributed by atoms with E-state index in [4.69, 9.17) is 9.47 Å². The van der Waals surface area contributed by atoms with Gasteiger partial charge in [0, 0.05) is 32.7 Å². The molecule has 1 aliphatic heterocycles. The molecule has 0 unspecified atom stereocenters. The van der Waals surface area contributed by atoms with Gasteiger partial charge in [-0.25, -0.2) is 0 Å². The van der Waals surface area contributed by atoms with E-state index in [0.29, 0.717) is 12.1 Å². The summed E-state index contributed by atoms with van der Waals surface area (Å²) >= 11 is 0. The SMILES string of the molecule is CCCCCCCCC(CN1[C@H](C)CCC[C@@H]1C)(OC)OC. The maximum Gasteiger partial charge on any atom is 0.180 e. The monoisotopic (exact) mass is 313 g/mol. The zero-order valence-electron chi connectivity index (χ0n) is 15.7. The minimum atomic E-state index is -0.426. The molecule has 0 aromatic heterocycles. The van der Waals surface area contributed by atoms with E-state index in [9.17, 15) is 0 Å². The molecule has 0 aliphatic carbocycles. The summed E-state index contributed by atoms with van der Waals surface area (Å²) in [6.07, 6.45) is 12.8. The van der Waals surface area contributed by atoms with Crippen LogP contribution in [0.2, 0.25) is 0 Å². The van der Waals surface area contributed by atoms with Crippen LogP contribution in [0.3, 0.4) is 0 Å². The highest BCUT2D eigenvalue weighted by Gasteiger charge is 2.36. The molecule has 22 heavy (non-hydrogen) atoms. The normalized spacial score (nSPS) is 23.9. The number of nitrogens with zero attached hydrogens (tertiary/aromatic N) is 1. The van der Waals surface area contributed by atoms with Gasteiger partial charge in [-0.05, 0) is 33.1 Å². The van der Waals surface area contributed by atoms with Gasteiger partial charge in [-0.1, -0.05) is 45.4 Å². The van der Waals surface area contributed by atoms with E-state index >= 15 is 0 Å². The number of methoxy groups -OCH3 is 2.